The van der Waals surface area contributed by atoms with Crippen LogP contribution in [0.2, 0.25) is 0 Å². The lowest BCUT2D eigenvalue weighted by molar-refractivity contribution is -0.119. The number of para-hydroxylation sites is 1. The van der Waals surface area contributed by atoms with Gasteiger partial charge in [-0.1, -0.05) is 37.8 Å². The van der Waals surface area contributed by atoms with Crippen LogP contribution < -0.4 is 15.8 Å². The quantitative estimate of drug-likeness (QED) is 0.723. The maximum absolute atomic E-state index is 12.2. The van der Waals surface area contributed by atoms with Crippen LogP contribution in [0.15, 0.2) is 24.3 Å². The summed E-state index contributed by atoms with van der Waals surface area (Å²) in [7, 11) is 0. The standard InChI is InChI=1S/C17H24N2O3/c18-16(20)12-22-15-10-4-3-9-14(15)17(21)19-11-5-8-13-6-1-2-7-13/h3-4,9-10,13H,1-2,5-8,11-12H2,(H2,18,20)(H,19,21). The lowest BCUT2D eigenvalue weighted by atomic mass is 10.0. The van der Waals surface area contributed by atoms with E-state index in [1.165, 1.54) is 32.1 Å². The van der Waals surface area contributed by atoms with Crippen molar-refractivity contribution < 1.29 is 14.3 Å². The monoisotopic (exact) mass is 304 g/mol. The smallest absolute Gasteiger partial charge is 0.255 e. The summed E-state index contributed by atoms with van der Waals surface area (Å²) in [4.78, 5) is 23.0. The molecule has 0 aliphatic heterocycles. The molecule has 2 rings (SSSR count). The molecule has 0 bridgehead atoms. The highest BCUT2D eigenvalue weighted by atomic mass is 16.5. The maximum atomic E-state index is 12.2. The number of carbonyl (C=O) groups excluding carboxylic acids is 2. The molecule has 1 aromatic carbocycles. The molecular formula is C17H24N2O3. The van der Waals surface area contributed by atoms with Crippen LogP contribution >= 0.6 is 0 Å². The van der Waals surface area contributed by atoms with Gasteiger partial charge in [0.25, 0.3) is 11.8 Å². The topological polar surface area (TPSA) is 81.4 Å². The number of rotatable bonds is 8. The van der Waals surface area contributed by atoms with Gasteiger partial charge in [0.2, 0.25) is 0 Å². The minimum Gasteiger partial charge on any atom is -0.483 e. The van der Waals surface area contributed by atoms with Crippen LogP contribution in [-0.2, 0) is 4.79 Å². The lowest BCUT2D eigenvalue weighted by Crippen LogP contribution is -2.26. The van der Waals surface area contributed by atoms with E-state index in [0.717, 1.165) is 12.3 Å². The predicted octanol–water partition coefficient (Wildman–Crippen LogP) is 2.25. The summed E-state index contributed by atoms with van der Waals surface area (Å²) in [5, 5.41) is 2.92. The first-order valence-electron chi connectivity index (χ1n) is 7.95. The Balaban J connectivity index is 1.79. The van der Waals surface area contributed by atoms with Crippen LogP contribution in [0.25, 0.3) is 0 Å². The molecule has 0 spiro atoms. The minimum absolute atomic E-state index is 0.175. The van der Waals surface area contributed by atoms with Crippen LogP contribution in [0.1, 0.15) is 48.9 Å². The van der Waals surface area contributed by atoms with E-state index in [1.54, 1.807) is 24.3 Å². The van der Waals surface area contributed by atoms with Crippen molar-refractivity contribution in [2.75, 3.05) is 13.2 Å². The Hall–Kier alpha value is -2.04. The van der Waals surface area contributed by atoms with Gasteiger partial charge in [0, 0.05) is 6.54 Å². The van der Waals surface area contributed by atoms with Gasteiger partial charge in [-0.2, -0.15) is 0 Å². The number of benzene rings is 1. The van der Waals surface area contributed by atoms with Crippen molar-refractivity contribution in [2.24, 2.45) is 11.7 Å². The third-order valence-electron chi connectivity index (χ3n) is 4.05. The molecule has 1 fully saturated rings. The van der Waals surface area contributed by atoms with Crippen molar-refractivity contribution in [1.29, 1.82) is 0 Å². The molecule has 1 aliphatic carbocycles. The molecule has 2 amide bonds. The zero-order valence-corrected chi connectivity index (χ0v) is 12.8. The van der Waals surface area contributed by atoms with Crippen molar-refractivity contribution in [1.82, 2.24) is 5.32 Å². The summed E-state index contributed by atoms with van der Waals surface area (Å²) in [6, 6.07) is 6.87. The summed E-state index contributed by atoms with van der Waals surface area (Å²) >= 11 is 0. The van der Waals surface area contributed by atoms with Crippen molar-refractivity contribution in [3.05, 3.63) is 29.8 Å². The molecule has 3 N–H and O–H groups in total. The Morgan fingerprint density at radius 1 is 1.23 bits per heavy atom. The molecule has 5 nitrogen and oxygen atoms in total. The van der Waals surface area contributed by atoms with E-state index in [2.05, 4.69) is 5.32 Å². The SMILES string of the molecule is NC(=O)COc1ccccc1C(=O)NCCCC1CCCC1. The van der Waals surface area contributed by atoms with Gasteiger partial charge in [-0.25, -0.2) is 0 Å². The lowest BCUT2D eigenvalue weighted by Gasteiger charge is -2.12. The molecule has 120 valence electrons. The summed E-state index contributed by atoms with van der Waals surface area (Å²) in [5.74, 6) is 0.482. The van der Waals surface area contributed by atoms with E-state index in [4.69, 9.17) is 10.5 Å². The second-order valence-electron chi connectivity index (χ2n) is 5.80. The number of nitrogens with one attached hydrogen (secondary N) is 1. The average molecular weight is 304 g/mol. The number of carbonyl (C=O) groups is 2. The maximum Gasteiger partial charge on any atom is 0.255 e. The van der Waals surface area contributed by atoms with Crippen molar-refractivity contribution in [3.63, 3.8) is 0 Å². The zero-order valence-electron chi connectivity index (χ0n) is 12.8. The molecule has 0 heterocycles. The van der Waals surface area contributed by atoms with Gasteiger partial charge in [0.05, 0.1) is 5.56 Å². The highest BCUT2D eigenvalue weighted by Crippen LogP contribution is 2.28. The van der Waals surface area contributed by atoms with E-state index >= 15 is 0 Å². The highest BCUT2D eigenvalue weighted by molar-refractivity contribution is 5.97. The van der Waals surface area contributed by atoms with E-state index in [9.17, 15) is 9.59 Å². The van der Waals surface area contributed by atoms with E-state index in [0.29, 0.717) is 17.9 Å². The minimum atomic E-state index is -0.563. The number of nitrogens with two attached hydrogens (primary N) is 1. The molecule has 1 aromatic rings. The molecule has 22 heavy (non-hydrogen) atoms. The summed E-state index contributed by atoms with van der Waals surface area (Å²) in [6.07, 6.45) is 7.54. The van der Waals surface area contributed by atoms with Gasteiger partial charge < -0.3 is 15.8 Å². The summed E-state index contributed by atoms with van der Waals surface area (Å²) in [5.41, 5.74) is 5.49. The average Bonchev–Trinajstić information content (AvgIpc) is 3.03. The Morgan fingerprint density at radius 2 is 1.95 bits per heavy atom. The fourth-order valence-electron chi connectivity index (χ4n) is 2.92. The molecule has 5 heteroatoms. The number of hydrogen-bond donors (Lipinski definition) is 2. The van der Waals surface area contributed by atoms with Crippen molar-refractivity contribution >= 4 is 11.8 Å². The molecule has 0 aromatic heterocycles. The van der Waals surface area contributed by atoms with Crippen molar-refractivity contribution in [2.45, 2.75) is 38.5 Å². The third kappa shape index (κ3) is 5.06. The first-order valence-corrected chi connectivity index (χ1v) is 7.95. The Labute approximate surface area is 131 Å². The number of primary amides is 1. The van der Waals surface area contributed by atoms with Gasteiger partial charge in [0.1, 0.15) is 5.75 Å². The van der Waals surface area contributed by atoms with E-state index < -0.39 is 5.91 Å². The predicted molar refractivity (Wildman–Crippen MR) is 84.7 cm³/mol. The zero-order chi connectivity index (χ0) is 15.8. The summed E-state index contributed by atoms with van der Waals surface area (Å²) < 4.78 is 5.27. The molecule has 0 saturated heterocycles. The highest BCUT2D eigenvalue weighted by Gasteiger charge is 2.15. The Kier molecular flexibility index (Phi) is 6.25. The normalized spacial score (nSPS) is 14.7. The molecule has 0 unspecified atom stereocenters. The van der Waals surface area contributed by atoms with Crippen LogP contribution in [0.4, 0.5) is 0 Å². The number of ether oxygens (including phenoxy) is 1. The van der Waals surface area contributed by atoms with E-state index in [1.807, 2.05) is 0 Å². The van der Waals surface area contributed by atoms with Crippen LogP contribution in [0.5, 0.6) is 5.75 Å². The van der Waals surface area contributed by atoms with Crippen LogP contribution in [0.3, 0.4) is 0 Å². The van der Waals surface area contributed by atoms with Gasteiger partial charge in [0.15, 0.2) is 6.61 Å². The second-order valence-corrected chi connectivity index (χ2v) is 5.80. The van der Waals surface area contributed by atoms with Gasteiger partial charge in [-0.05, 0) is 30.9 Å². The molecular weight excluding hydrogens is 280 g/mol. The van der Waals surface area contributed by atoms with Crippen LogP contribution in [-0.4, -0.2) is 25.0 Å². The number of hydrogen-bond acceptors (Lipinski definition) is 3. The molecule has 0 radical (unpaired) electrons. The summed E-state index contributed by atoms with van der Waals surface area (Å²) in [6.45, 7) is 0.436. The first-order chi connectivity index (χ1) is 10.7. The Morgan fingerprint density at radius 3 is 2.68 bits per heavy atom. The largest absolute Gasteiger partial charge is 0.483 e. The fraction of sp³-hybridized carbons (Fsp3) is 0.529. The van der Waals surface area contributed by atoms with Crippen LogP contribution in [0, 0.1) is 5.92 Å². The Bertz CT molecular complexity index is 510. The fourth-order valence-corrected chi connectivity index (χ4v) is 2.92. The van der Waals surface area contributed by atoms with Gasteiger partial charge in [-0.3, -0.25) is 9.59 Å². The van der Waals surface area contributed by atoms with Crippen molar-refractivity contribution in [3.8, 4) is 5.75 Å². The number of amides is 2. The second kappa shape index (κ2) is 8.41. The van der Waals surface area contributed by atoms with E-state index in [-0.39, 0.29) is 12.5 Å². The molecule has 1 saturated carbocycles. The molecule has 0 atom stereocenters. The molecule has 1 aliphatic rings. The first kappa shape index (κ1) is 16.3. The third-order valence-corrected chi connectivity index (χ3v) is 4.05. The van der Waals surface area contributed by atoms with Gasteiger partial charge >= 0.3 is 0 Å². The van der Waals surface area contributed by atoms with Gasteiger partial charge in [-0.15, -0.1) is 0 Å².